The maximum Gasteiger partial charge on any atom is 0.340 e. The van der Waals surface area contributed by atoms with E-state index in [-0.39, 0.29) is 29.6 Å². The zero-order chi connectivity index (χ0) is 21.4. The van der Waals surface area contributed by atoms with Gasteiger partial charge in [-0.25, -0.2) is 14.7 Å². The summed E-state index contributed by atoms with van der Waals surface area (Å²) in [5.74, 6) is 0.374. The molecule has 1 saturated heterocycles. The monoisotopic (exact) mass is 418 g/mol. The number of rotatable bonds is 3. The lowest BCUT2D eigenvalue weighted by Gasteiger charge is -2.31. The molecule has 158 valence electrons. The van der Waals surface area contributed by atoms with E-state index in [1.165, 1.54) is 0 Å². The molecule has 3 aromatic rings. The number of carbonyl (C=O) groups is 2. The predicted octanol–water partition coefficient (Wildman–Crippen LogP) is 2.57. The molecule has 3 heterocycles. The molecule has 1 aromatic heterocycles. The van der Waals surface area contributed by atoms with E-state index < -0.39 is 0 Å². The van der Waals surface area contributed by atoms with Gasteiger partial charge >= 0.3 is 11.7 Å². The number of piperidine rings is 1. The van der Waals surface area contributed by atoms with E-state index in [4.69, 9.17) is 4.74 Å². The fourth-order valence-electron chi connectivity index (χ4n) is 4.40. The highest BCUT2D eigenvalue weighted by Crippen LogP contribution is 2.32. The Morgan fingerprint density at radius 3 is 2.55 bits per heavy atom. The van der Waals surface area contributed by atoms with E-state index in [0.717, 1.165) is 24.0 Å². The minimum Gasteiger partial charge on any atom is -0.454 e. The van der Waals surface area contributed by atoms with Crippen LogP contribution in [0.2, 0.25) is 0 Å². The van der Waals surface area contributed by atoms with Crippen LogP contribution >= 0.6 is 0 Å². The first-order valence-electron chi connectivity index (χ1n) is 10.4. The Labute approximate surface area is 178 Å². The van der Waals surface area contributed by atoms with Gasteiger partial charge in [-0.05, 0) is 42.2 Å². The number of cyclic esters (lactones) is 1. The van der Waals surface area contributed by atoms with Crippen LogP contribution in [0.4, 0.5) is 0 Å². The Bertz CT molecular complexity index is 1180. The van der Waals surface area contributed by atoms with Crippen molar-refractivity contribution in [2.75, 3.05) is 13.1 Å². The summed E-state index contributed by atoms with van der Waals surface area (Å²) in [4.78, 5) is 41.4. The number of aromatic amines is 2. The van der Waals surface area contributed by atoms with E-state index in [2.05, 4.69) is 15.2 Å². The number of aromatic nitrogens is 3. The molecule has 1 atom stereocenters. The molecule has 0 spiro atoms. The van der Waals surface area contributed by atoms with Crippen molar-refractivity contribution in [2.45, 2.75) is 31.3 Å². The lowest BCUT2D eigenvalue weighted by molar-refractivity contribution is 0.0252. The van der Waals surface area contributed by atoms with Crippen molar-refractivity contribution >= 4 is 11.9 Å². The van der Waals surface area contributed by atoms with E-state index in [0.29, 0.717) is 36.5 Å². The lowest BCUT2D eigenvalue weighted by Crippen LogP contribution is -2.38. The molecule has 5 rings (SSSR count). The van der Waals surface area contributed by atoms with Crippen molar-refractivity contribution in [3.8, 4) is 0 Å². The number of ether oxygens (including phenoxy) is 1. The number of hydrogen-bond acceptors (Lipinski definition) is 5. The second-order valence-electron chi connectivity index (χ2n) is 8.01. The summed E-state index contributed by atoms with van der Waals surface area (Å²) in [5.41, 5.74) is 2.56. The number of benzene rings is 2. The minimum atomic E-state index is -0.358. The second-order valence-corrected chi connectivity index (χ2v) is 8.01. The van der Waals surface area contributed by atoms with Crippen molar-refractivity contribution in [3.63, 3.8) is 0 Å². The standard InChI is InChI=1S/C23H22N4O4/c28-21(27-10-8-15(9-11-27)20-24-23(30)26-25-20)16-6-7-18-17(12-16)13-19(31-22(18)29)14-4-2-1-3-5-14/h1-7,12,15,19H,8-11,13H2,(H2,24,25,26,30). The molecule has 1 fully saturated rings. The predicted molar refractivity (Wildman–Crippen MR) is 112 cm³/mol. The first kappa shape index (κ1) is 19.3. The fourth-order valence-corrected chi connectivity index (χ4v) is 4.40. The quantitative estimate of drug-likeness (QED) is 0.636. The molecular formula is C23H22N4O4. The largest absolute Gasteiger partial charge is 0.454 e. The van der Waals surface area contributed by atoms with Crippen LogP contribution in [0.15, 0.2) is 53.3 Å². The smallest absolute Gasteiger partial charge is 0.340 e. The Morgan fingerprint density at radius 1 is 1.06 bits per heavy atom. The summed E-state index contributed by atoms with van der Waals surface area (Å²) in [6.45, 7) is 1.17. The maximum atomic E-state index is 13.1. The molecule has 2 aliphatic rings. The number of H-pyrrole nitrogens is 2. The third-order valence-electron chi connectivity index (χ3n) is 6.09. The number of esters is 1. The van der Waals surface area contributed by atoms with Gasteiger partial charge in [0.25, 0.3) is 5.91 Å². The van der Waals surface area contributed by atoms with Gasteiger partial charge in [-0.2, -0.15) is 5.10 Å². The number of hydrogen-bond donors (Lipinski definition) is 2. The molecule has 31 heavy (non-hydrogen) atoms. The molecule has 0 radical (unpaired) electrons. The van der Waals surface area contributed by atoms with Crippen LogP contribution in [0.5, 0.6) is 0 Å². The second kappa shape index (κ2) is 7.86. The Balaban J connectivity index is 1.31. The lowest BCUT2D eigenvalue weighted by atomic mass is 9.92. The van der Waals surface area contributed by atoms with Crippen molar-refractivity contribution < 1.29 is 14.3 Å². The van der Waals surface area contributed by atoms with E-state index >= 15 is 0 Å². The minimum absolute atomic E-state index is 0.0491. The Hall–Kier alpha value is -3.68. The average molecular weight is 418 g/mol. The third kappa shape index (κ3) is 3.76. The highest BCUT2D eigenvalue weighted by molar-refractivity contribution is 5.97. The number of fused-ring (bicyclic) bond motifs is 1. The van der Waals surface area contributed by atoms with Crippen molar-refractivity contribution in [3.05, 3.63) is 87.1 Å². The molecule has 1 amide bonds. The van der Waals surface area contributed by atoms with E-state index in [9.17, 15) is 14.4 Å². The molecule has 8 heteroatoms. The van der Waals surface area contributed by atoms with Gasteiger partial charge in [-0.15, -0.1) is 0 Å². The van der Waals surface area contributed by atoms with Gasteiger partial charge in [0.15, 0.2) is 0 Å². The van der Waals surface area contributed by atoms with E-state index in [1.807, 2.05) is 41.3 Å². The Kier molecular flexibility index (Phi) is 4.89. The highest BCUT2D eigenvalue weighted by atomic mass is 16.5. The summed E-state index contributed by atoms with van der Waals surface area (Å²) in [5, 5.41) is 6.41. The Morgan fingerprint density at radius 2 is 1.84 bits per heavy atom. The number of likely N-dealkylation sites (tertiary alicyclic amines) is 1. The van der Waals surface area contributed by atoms with Crippen LogP contribution in [0.3, 0.4) is 0 Å². The van der Waals surface area contributed by atoms with Crippen LogP contribution in [0, 0.1) is 0 Å². The normalized spacial score (nSPS) is 19.0. The number of nitrogens with one attached hydrogen (secondary N) is 2. The third-order valence-corrected chi connectivity index (χ3v) is 6.09. The number of amides is 1. The van der Waals surface area contributed by atoms with Gasteiger partial charge in [0.2, 0.25) is 0 Å². The van der Waals surface area contributed by atoms with Gasteiger partial charge < -0.3 is 9.64 Å². The topological polar surface area (TPSA) is 108 Å². The van der Waals surface area contributed by atoms with Crippen LogP contribution in [-0.2, 0) is 11.2 Å². The maximum absolute atomic E-state index is 13.1. The molecule has 2 N–H and O–H groups in total. The molecular weight excluding hydrogens is 396 g/mol. The number of nitrogens with zero attached hydrogens (tertiary/aromatic N) is 2. The first-order chi connectivity index (χ1) is 15.1. The molecule has 2 aliphatic heterocycles. The van der Waals surface area contributed by atoms with Crippen molar-refractivity contribution in [1.82, 2.24) is 20.1 Å². The van der Waals surface area contributed by atoms with Crippen LogP contribution < -0.4 is 5.69 Å². The van der Waals surface area contributed by atoms with Crippen LogP contribution in [0.1, 0.15) is 62.5 Å². The van der Waals surface area contributed by atoms with Crippen molar-refractivity contribution in [2.24, 2.45) is 0 Å². The van der Waals surface area contributed by atoms with Crippen LogP contribution in [-0.4, -0.2) is 45.0 Å². The fraction of sp³-hybridized carbons (Fsp3) is 0.304. The van der Waals surface area contributed by atoms with Gasteiger partial charge in [0, 0.05) is 31.0 Å². The molecule has 0 bridgehead atoms. The SMILES string of the molecule is O=C1OC(c2ccccc2)Cc2cc(C(=O)N3CCC(c4n[nH]c(=O)[nH]4)CC3)ccc21. The van der Waals surface area contributed by atoms with Gasteiger partial charge in [-0.3, -0.25) is 9.78 Å². The van der Waals surface area contributed by atoms with Gasteiger partial charge in [0.1, 0.15) is 11.9 Å². The van der Waals surface area contributed by atoms with E-state index in [1.54, 1.807) is 12.1 Å². The van der Waals surface area contributed by atoms with Crippen molar-refractivity contribution in [1.29, 1.82) is 0 Å². The first-order valence-corrected chi connectivity index (χ1v) is 10.4. The zero-order valence-electron chi connectivity index (χ0n) is 16.8. The number of carbonyl (C=O) groups excluding carboxylic acids is 2. The zero-order valence-corrected chi connectivity index (χ0v) is 16.8. The molecule has 0 saturated carbocycles. The van der Waals surface area contributed by atoms with Gasteiger partial charge in [0.05, 0.1) is 5.56 Å². The molecule has 1 unspecified atom stereocenters. The highest BCUT2D eigenvalue weighted by Gasteiger charge is 2.30. The van der Waals surface area contributed by atoms with Gasteiger partial charge in [-0.1, -0.05) is 30.3 Å². The molecule has 8 nitrogen and oxygen atoms in total. The summed E-state index contributed by atoms with van der Waals surface area (Å²) in [6, 6.07) is 14.8. The van der Waals surface area contributed by atoms with Crippen LogP contribution in [0.25, 0.3) is 0 Å². The summed E-state index contributed by atoms with van der Waals surface area (Å²) in [6.07, 6.45) is 1.67. The summed E-state index contributed by atoms with van der Waals surface area (Å²) < 4.78 is 5.60. The molecule has 0 aliphatic carbocycles. The molecule has 2 aromatic carbocycles. The average Bonchev–Trinajstić information content (AvgIpc) is 3.25. The summed E-state index contributed by atoms with van der Waals surface area (Å²) in [7, 11) is 0. The summed E-state index contributed by atoms with van der Waals surface area (Å²) >= 11 is 0.